The number of ketones is 1. The Labute approximate surface area is 111 Å². The van der Waals surface area contributed by atoms with Gasteiger partial charge in [-0.1, -0.05) is 11.6 Å². The lowest BCUT2D eigenvalue weighted by molar-refractivity contribution is 0.0601. The van der Waals surface area contributed by atoms with Crippen molar-refractivity contribution in [1.82, 2.24) is 4.90 Å². The van der Waals surface area contributed by atoms with E-state index in [1.807, 2.05) is 14.1 Å². The molecule has 0 saturated carbocycles. The van der Waals surface area contributed by atoms with E-state index in [0.29, 0.717) is 5.56 Å². The maximum absolute atomic E-state index is 11.8. The van der Waals surface area contributed by atoms with E-state index in [9.17, 15) is 9.59 Å². The molecule has 4 nitrogen and oxygen atoms in total. The summed E-state index contributed by atoms with van der Waals surface area (Å²) in [6.07, 6.45) is 3.05. The number of rotatable bonds is 4. The van der Waals surface area contributed by atoms with Crippen LogP contribution in [0.3, 0.4) is 0 Å². The van der Waals surface area contributed by atoms with E-state index in [1.165, 1.54) is 25.3 Å². The molecule has 0 N–H and O–H groups in total. The molecule has 18 heavy (non-hydrogen) atoms. The summed E-state index contributed by atoms with van der Waals surface area (Å²) in [5.74, 6) is -0.767. The van der Waals surface area contributed by atoms with E-state index in [0.717, 1.165) is 0 Å². The number of carbonyl (C=O) groups excluding carboxylic acids is 2. The van der Waals surface area contributed by atoms with Gasteiger partial charge in [0.05, 0.1) is 17.7 Å². The molecule has 0 aliphatic rings. The number of allylic oxidation sites excluding steroid dienone is 1. The Kier molecular flexibility index (Phi) is 4.92. The lowest BCUT2D eigenvalue weighted by Crippen LogP contribution is -2.06. The van der Waals surface area contributed by atoms with Gasteiger partial charge < -0.3 is 9.64 Å². The Balaban J connectivity index is 3.05. The first-order chi connectivity index (χ1) is 8.45. The van der Waals surface area contributed by atoms with Gasteiger partial charge >= 0.3 is 5.97 Å². The molecule has 0 atom stereocenters. The van der Waals surface area contributed by atoms with Crippen molar-refractivity contribution in [2.45, 2.75) is 0 Å². The van der Waals surface area contributed by atoms with Crippen LogP contribution in [0, 0.1) is 0 Å². The third-order valence-electron chi connectivity index (χ3n) is 2.18. The molecule has 0 heterocycles. The second-order valence-electron chi connectivity index (χ2n) is 3.83. The Bertz CT molecular complexity index is 495. The molecule has 0 saturated heterocycles. The Morgan fingerprint density at radius 2 is 2.00 bits per heavy atom. The lowest BCUT2D eigenvalue weighted by atomic mass is 10.1. The summed E-state index contributed by atoms with van der Waals surface area (Å²) in [5.41, 5.74) is 0.571. The zero-order valence-electron chi connectivity index (χ0n) is 10.4. The van der Waals surface area contributed by atoms with Crippen molar-refractivity contribution < 1.29 is 14.3 Å². The van der Waals surface area contributed by atoms with Gasteiger partial charge in [-0.3, -0.25) is 4.79 Å². The van der Waals surface area contributed by atoms with Crippen molar-refractivity contribution in [2.24, 2.45) is 0 Å². The maximum Gasteiger partial charge on any atom is 0.339 e. The Hall–Kier alpha value is -1.81. The molecule has 0 radical (unpaired) electrons. The first kappa shape index (κ1) is 14.3. The van der Waals surface area contributed by atoms with Crippen LogP contribution in [-0.4, -0.2) is 37.9 Å². The largest absolute Gasteiger partial charge is 0.465 e. The van der Waals surface area contributed by atoms with Gasteiger partial charge in [0.25, 0.3) is 0 Å². The summed E-state index contributed by atoms with van der Waals surface area (Å²) in [6, 6.07) is 4.50. The van der Waals surface area contributed by atoms with Crippen LogP contribution >= 0.6 is 11.6 Å². The topological polar surface area (TPSA) is 46.6 Å². The van der Waals surface area contributed by atoms with Crippen molar-refractivity contribution >= 4 is 23.4 Å². The molecular formula is C13H14ClNO3. The SMILES string of the molecule is COC(=O)c1cc(C(=O)C=CN(C)C)ccc1Cl. The van der Waals surface area contributed by atoms with Crippen LogP contribution in [0.15, 0.2) is 30.5 Å². The minimum atomic E-state index is -0.564. The summed E-state index contributed by atoms with van der Waals surface area (Å²) in [6.45, 7) is 0. The van der Waals surface area contributed by atoms with E-state index in [-0.39, 0.29) is 16.4 Å². The number of halogens is 1. The van der Waals surface area contributed by atoms with Gasteiger partial charge in [-0.25, -0.2) is 4.79 Å². The molecule has 0 amide bonds. The highest BCUT2D eigenvalue weighted by Gasteiger charge is 2.13. The van der Waals surface area contributed by atoms with E-state index in [4.69, 9.17) is 11.6 Å². The quantitative estimate of drug-likeness (QED) is 0.477. The highest BCUT2D eigenvalue weighted by atomic mass is 35.5. The number of carbonyl (C=O) groups is 2. The third-order valence-corrected chi connectivity index (χ3v) is 2.51. The number of methoxy groups -OCH3 is 1. The van der Waals surface area contributed by atoms with Gasteiger partial charge in [0, 0.05) is 31.9 Å². The molecule has 1 aromatic carbocycles. The second kappa shape index (κ2) is 6.21. The van der Waals surface area contributed by atoms with Gasteiger partial charge in [-0.15, -0.1) is 0 Å². The van der Waals surface area contributed by atoms with Gasteiger partial charge in [0.15, 0.2) is 5.78 Å². The van der Waals surface area contributed by atoms with Crippen molar-refractivity contribution in [3.05, 3.63) is 46.6 Å². The van der Waals surface area contributed by atoms with Crippen LogP contribution in [0.2, 0.25) is 5.02 Å². The molecule has 1 aromatic rings. The van der Waals surface area contributed by atoms with Gasteiger partial charge in [-0.2, -0.15) is 0 Å². The molecular weight excluding hydrogens is 254 g/mol. The van der Waals surface area contributed by atoms with E-state index >= 15 is 0 Å². The predicted molar refractivity (Wildman–Crippen MR) is 69.9 cm³/mol. The first-order valence-corrected chi connectivity index (χ1v) is 5.60. The number of nitrogens with zero attached hydrogens (tertiary/aromatic N) is 1. The molecule has 0 fully saturated rings. The molecule has 0 bridgehead atoms. The second-order valence-corrected chi connectivity index (χ2v) is 4.24. The van der Waals surface area contributed by atoms with Gasteiger partial charge in [0.2, 0.25) is 0 Å². The first-order valence-electron chi connectivity index (χ1n) is 5.22. The van der Waals surface area contributed by atoms with Crippen LogP contribution in [0.1, 0.15) is 20.7 Å². The minimum absolute atomic E-state index is 0.184. The van der Waals surface area contributed by atoms with Crippen molar-refractivity contribution in [2.75, 3.05) is 21.2 Å². The van der Waals surface area contributed by atoms with E-state index < -0.39 is 5.97 Å². The van der Waals surface area contributed by atoms with Crippen LogP contribution in [0.4, 0.5) is 0 Å². The minimum Gasteiger partial charge on any atom is -0.465 e. The van der Waals surface area contributed by atoms with Crippen LogP contribution < -0.4 is 0 Å². The monoisotopic (exact) mass is 267 g/mol. The Morgan fingerprint density at radius 1 is 1.33 bits per heavy atom. The molecule has 96 valence electrons. The zero-order valence-corrected chi connectivity index (χ0v) is 11.2. The van der Waals surface area contributed by atoms with E-state index in [1.54, 1.807) is 17.2 Å². The highest BCUT2D eigenvalue weighted by molar-refractivity contribution is 6.33. The van der Waals surface area contributed by atoms with Crippen LogP contribution in [-0.2, 0) is 4.74 Å². The Morgan fingerprint density at radius 3 is 2.56 bits per heavy atom. The van der Waals surface area contributed by atoms with Gasteiger partial charge in [0.1, 0.15) is 0 Å². The van der Waals surface area contributed by atoms with E-state index in [2.05, 4.69) is 4.74 Å². The predicted octanol–water partition coefficient (Wildman–Crippen LogP) is 2.38. The number of hydrogen-bond donors (Lipinski definition) is 0. The highest BCUT2D eigenvalue weighted by Crippen LogP contribution is 2.19. The number of ether oxygens (including phenoxy) is 1. The van der Waals surface area contributed by atoms with Crippen molar-refractivity contribution in [1.29, 1.82) is 0 Å². The molecule has 0 aliphatic heterocycles. The summed E-state index contributed by atoms with van der Waals surface area (Å²) in [4.78, 5) is 25.0. The van der Waals surface area contributed by atoms with Crippen molar-refractivity contribution in [3.63, 3.8) is 0 Å². The molecule has 0 spiro atoms. The zero-order chi connectivity index (χ0) is 13.7. The van der Waals surface area contributed by atoms with Gasteiger partial charge in [-0.05, 0) is 18.2 Å². The van der Waals surface area contributed by atoms with Crippen molar-refractivity contribution in [3.8, 4) is 0 Å². The van der Waals surface area contributed by atoms with Crippen LogP contribution in [0.5, 0.6) is 0 Å². The summed E-state index contributed by atoms with van der Waals surface area (Å²) >= 11 is 5.86. The molecule has 0 aromatic heterocycles. The fourth-order valence-electron chi connectivity index (χ4n) is 1.26. The molecule has 0 aliphatic carbocycles. The molecule has 1 rings (SSSR count). The fourth-order valence-corrected chi connectivity index (χ4v) is 1.45. The number of hydrogen-bond acceptors (Lipinski definition) is 4. The summed E-state index contributed by atoms with van der Waals surface area (Å²) in [7, 11) is 4.89. The standard InChI is InChI=1S/C13H14ClNO3/c1-15(2)7-6-12(16)9-4-5-11(14)10(8-9)13(17)18-3/h4-8H,1-3H3. The normalized spacial score (nSPS) is 10.4. The number of benzene rings is 1. The average Bonchev–Trinajstić information content (AvgIpc) is 2.35. The number of esters is 1. The molecule has 0 unspecified atom stereocenters. The summed E-state index contributed by atoms with van der Waals surface area (Å²) < 4.78 is 4.59. The lowest BCUT2D eigenvalue weighted by Gasteiger charge is -2.05. The third kappa shape index (κ3) is 3.60. The summed E-state index contributed by atoms with van der Waals surface area (Å²) in [5, 5.41) is 0.259. The van der Waals surface area contributed by atoms with Crippen LogP contribution in [0.25, 0.3) is 0 Å². The maximum atomic E-state index is 11.8. The molecule has 5 heteroatoms. The fraction of sp³-hybridized carbons (Fsp3) is 0.231. The average molecular weight is 268 g/mol. The smallest absolute Gasteiger partial charge is 0.339 e.